The smallest absolute Gasteiger partial charge is 0.129 e. The van der Waals surface area contributed by atoms with Crippen LogP contribution >= 0.6 is 0 Å². The Kier molecular flexibility index (Phi) is 4.86. The molecule has 0 bridgehead atoms. The van der Waals surface area contributed by atoms with Gasteiger partial charge in [0.25, 0.3) is 0 Å². The Morgan fingerprint density at radius 1 is 1.38 bits per heavy atom. The predicted octanol–water partition coefficient (Wildman–Crippen LogP) is 1.56. The summed E-state index contributed by atoms with van der Waals surface area (Å²) >= 11 is 0. The van der Waals surface area contributed by atoms with Crippen molar-refractivity contribution in [1.82, 2.24) is 5.32 Å². The molecule has 4 nitrogen and oxygen atoms in total. The van der Waals surface area contributed by atoms with Crippen LogP contribution in [0.1, 0.15) is 18.6 Å². The van der Waals surface area contributed by atoms with Crippen LogP contribution in [0.2, 0.25) is 0 Å². The van der Waals surface area contributed by atoms with Crippen LogP contribution in [-0.2, 0) is 16.1 Å². The van der Waals surface area contributed by atoms with Crippen molar-refractivity contribution in [3.05, 3.63) is 24.2 Å². The highest BCUT2D eigenvalue weighted by Crippen LogP contribution is 2.05. The summed E-state index contributed by atoms with van der Waals surface area (Å²) in [5, 5.41) is 3.47. The lowest BCUT2D eigenvalue weighted by molar-refractivity contribution is 0.0698. The van der Waals surface area contributed by atoms with Gasteiger partial charge in [0.05, 0.1) is 12.9 Å². The Morgan fingerprint density at radius 3 is 3.00 bits per heavy atom. The Balaban J connectivity index is 1.48. The van der Waals surface area contributed by atoms with Gasteiger partial charge < -0.3 is 19.2 Å². The van der Waals surface area contributed by atoms with Gasteiger partial charge in [-0.3, -0.25) is 0 Å². The minimum Gasteiger partial charge on any atom is -0.467 e. The summed E-state index contributed by atoms with van der Waals surface area (Å²) in [6.07, 6.45) is 3.88. The summed E-state index contributed by atoms with van der Waals surface area (Å²) < 4.78 is 15.9. The third-order valence-corrected chi connectivity index (χ3v) is 2.73. The fourth-order valence-corrected chi connectivity index (χ4v) is 1.80. The predicted molar refractivity (Wildman–Crippen MR) is 60.2 cm³/mol. The molecule has 90 valence electrons. The molecule has 2 rings (SSSR count). The Bertz CT molecular complexity index is 268. The van der Waals surface area contributed by atoms with E-state index in [2.05, 4.69) is 5.32 Å². The molecule has 1 aromatic heterocycles. The van der Waals surface area contributed by atoms with Crippen LogP contribution in [0.25, 0.3) is 0 Å². The van der Waals surface area contributed by atoms with Gasteiger partial charge in [-0.05, 0) is 25.0 Å². The van der Waals surface area contributed by atoms with Crippen LogP contribution in [0, 0.1) is 0 Å². The van der Waals surface area contributed by atoms with E-state index in [4.69, 9.17) is 13.9 Å². The van der Waals surface area contributed by atoms with E-state index in [0.29, 0.717) is 12.6 Å². The molecule has 0 amide bonds. The summed E-state index contributed by atoms with van der Waals surface area (Å²) in [7, 11) is 0. The molecule has 1 aromatic rings. The maximum absolute atomic E-state index is 5.48. The molecule has 0 unspecified atom stereocenters. The third kappa shape index (κ3) is 3.96. The highest BCUT2D eigenvalue weighted by Gasteiger charge is 2.11. The molecule has 0 spiro atoms. The number of ether oxygens (including phenoxy) is 2. The molecule has 16 heavy (non-hydrogen) atoms. The highest BCUT2D eigenvalue weighted by atomic mass is 16.5. The van der Waals surface area contributed by atoms with E-state index in [1.165, 1.54) is 0 Å². The Labute approximate surface area is 95.9 Å². The van der Waals surface area contributed by atoms with Gasteiger partial charge in [-0.2, -0.15) is 0 Å². The van der Waals surface area contributed by atoms with Gasteiger partial charge in [0, 0.05) is 25.8 Å². The molecular formula is C12H19NO3. The highest BCUT2D eigenvalue weighted by molar-refractivity contribution is 4.95. The van der Waals surface area contributed by atoms with Gasteiger partial charge in [0.15, 0.2) is 0 Å². The average Bonchev–Trinajstić information content (AvgIpc) is 2.83. The molecule has 0 aromatic carbocycles. The van der Waals surface area contributed by atoms with Crippen molar-refractivity contribution in [3.8, 4) is 0 Å². The number of furan rings is 1. The van der Waals surface area contributed by atoms with Crippen molar-refractivity contribution in [2.24, 2.45) is 0 Å². The van der Waals surface area contributed by atoms with Gasteiger partial charge in [-0.15, -0.1) is 0 Å². The molecule has 1 saturated heterocycles. The normalized spacial score (nSPS) is 17.8. The van der Waals surface area contributed by atoms with Crippen LogP contribution < -0.4 is 5.32 Å². The molecule has 0 radical (unpaired) electrons. The van der Waals surface area contributed by atoms with Crippen molar-refractivity contribution >= 4 is 0 Å². The van der Waals surface area contributed by atoms with Gasteiger partial charge in [0.2, 0.25) is 0 Å². The zero-order valence-corrected chi connectivity index (χ0v) is 9.48. The Morgan fingerprint density at radius 2 is 2.25 bits per heavy atom. The fourth-order valence-electron chi connectivity index (χ4n) is 1.80. The fraction of sp³-hybridized carbons (Fsp3) is 0.667. The minimum absolute atomic E-state index is 0.558. The van der Waals surface area contributed by atoms with Crippen LogP contribution in [0.5, 0.6) is 0 Å². The lowest BCUT2D eigenvalue weighted by atomic mass is 10.1. The van der Waals surface area contributed by atoms with Crippen LogP contribution in [0.4, 0.5) is 0 Å². The standard InChI is InChI=1S/C12H19NO3/c1-2-12(16-6-1)10-15-9-5-13-11-3-7-14-8-4-11/h1-2,6,11,13H,3-5,7-10H2. The number of nitrogens with one attached hydrogen (secondary N) is 1. The molecular weight excluding hydrogens is 206 g/mol. The lowest BCUT2D eigenvalue weighted by Crippen LogP contribution is -2.36. The summed E-state index contributed by atoms with van der Waals surface area (Å²) in [6, 6.07) is 4.39. The van der Waals surface area contributed by atoms with E-state index in [-0.39, 0.29) is 0 Å². The largest absolute Gasteiger partial charge is 0.467 e. The summed E-state index contributed by atoms with van der Waals surface area (Å²) in [6.45, 7) is 3.93. The molecule has 0 saturated carbocycles. The van der Waals surface area contributed by atoms with Gasteiger partial charge >= 0.3 is 0 Å². The molecule has 0 aliphatic carbocycles. The van der Waals surface area contributed by atoms with Crippen molar-refractivity contribution < 1.29 is 13.9 Å². The van der Waals surface area contributed by atoms with E-state index in [0.717, 1.165) is 45.0 Å². The zero-order chi connectivity index (χ0) is 11.1. The van der Waals surface area contributed by atoms with Crippen molar-refractivity contribution in [2.75, 3.05) is 26.4 Å². The SMILES string of the molecule is c1coc(COCCNC2CCOCC2)c1. The van der Waals surface area contributed by atoms with Crippen LogP contribution in [0.15, 0.2) is 22.8 Å². The molecule has 1 N–H and O–H groups in total. The summed E-state index contributed by atoms with van der Waals surface area (Å²) in [4.78, 5) is 0. The third-order valence-electron chi connectivity index (χ3n) is 2.73. The summed E-state index contributed by atoms with van der Waals surface area (Å²) in [5.74, 6) is 0.881. The van der Waals surface area contributed by atoms with E-state index < -0.39 is 0 Å². The molecule has 0 atom stereocenters. The first-order chi connectivity index (χ1) is 7.95. The minimum atomic E-state index is 0.558. The maximum Gasteiger partial charge on any atom is 0.129 e. The van der Waals surface area contributed by atoms with E-state index >= 15 is 0 Å². The lowest BCUT2D eigenvalue weighted by Gasteiger charge is -2.23. The van der Waals surface area contributed by atoms with Gasteiger partial charge in [0.1, 0.15) is 12.4 Å². The van der Waals surface area contributed by atoms with E-state index in [1.807, 2.05) is 12.1 Å². The van der Waals surface area contributed by atoms with Crippen LogP contribution in [0.3, 0.4) is 0 Å². The first-order valence-electron chi connectivity index (χ1n) is 5.86. The van der Waals surface area contributed by atoms with Crippen molar-refractivity contribution in [3.63, 3.8) is 0 Å². The monoisotopic (exact) mass is 225 g/mol. The van der Waals surface area contributed by atoms with Crippen molar-refractivity contribution in [2.45, 2.75) is 25.5 Å². The first-order valence-corrected chi connectivity index (χ1v) is 5.86. The number of hydrogen-bond acceptors (Lipinski definition) is 4. The van der Waals surface area contributed by atoms with E-state index in [1.54, 1.807) is 6.26 Å². The van der Waals surface area contributed by atoms with Gasteiger partial charge in [-0.25, -0.2) is 0 Å². The molecule has 4 heteroatoms. The van der Waals surface area contributed by atoms with Crippen LogP contribution in [-0.4, -0.2) is 32.4 Å². The molecule has 1 aliphatic heterocycles. The van der Waals surface area contributed by atoms with E-state index in [9.17, 15) is 0 Å². The summed E-state index contributed by atoms with van der Waals surface area (Å²) in [5.41, 5.74) is 0. The quantitative estimate of drug-likeness (QED) is 0.746. The van der Waals surface area contributed by atoms with Crippen molar-refractivity contribution in [1.29, 1.82) is 0 Å². The second-order valence-corrected chi connectivity index (χ2v) is 3.97. The molecule has 1 fully saturated rings. The second-order valence-electron chi connectivity index (χ2n) is 3.97. The van der Waals surface area contributed by atoms with Gasteiger partial charge in [-0.1, -0.05) is 0 Å². The second kappa shape index (κ2) is 6.68. The average molecular weight is 225 g/mol. The molecule has 1 aliphatic rings. The first kappa shape index (κ1) is 11.6. The zero-order valence-electron chi connectivity index (χ0n) is 9.48. The Hall–Kier alpha value is -0.840. The number of rotatable bonds is 6. The molecule has 2 heterocycles. The maximum atomic E-state index is 5.48. The topological polar surface area (TPSA) is 43.6 Å². The number of hydrogen-bond donors (Lipinski definition) is 1.